The number of carbonyl (C=O) groups is 1. The zero-order valence-electron chi connectivity index (χ0n) is 6.37. The van der Waals surface area contributed by atoms with Gasteiger partial charge in [-0.15, -0.1) is 11.6 Å². The summed E-state index contributed by atoms with van der Waals surface area (Å²) in [6.45, 7) is 0. The van der Waals surface area contributed by atoms with Crippen molar-refractivity contribution in [3.05, 3.63) is 0 Å². The van der Waals surface area contributed by atoms with Crippen molar-refractivity contribution in [1.82, 2.24) is 0 Å². The Kier molecular flexibility index (Phi) is 4.93. The number of hydrogen-bond donors (Lipinski definition) is 0. The molecule has 0 bridgehead atoms. The van der Waals surface area contributed by atoms with Gasteiger partial charge in [-0.3, -0.25) is 9.36 Å². The van der Waals surface area contributed by atoms with Gasteiger partial charge < -0.3 is 9.05 Å². The molecule has 66 valence electrons. The second kappa shape index (κ2) is 4.88. The highest BCUT2D eigenvalue weighted by Gasteiger charge is 2.24. The van der Waals surface area contributed by atoms with E-state index in [1.165, 1.54) is 14.2 Å². The molecule has 6 heteroatoms. The first kappa shape index (κ1) is 11.1. The molecule has 0 amide bonds. The third kappa shape index (κ3) is 3.87. The SMILES string of the molecule is COP(=O)(CC(=O)CCl)OC. The number of hydrogen-bond acceptors (Lipinski definition) is 4. The van der Waals surface area contributed by atoms with E-state index in [1.54, 1.807) is 0 Å². The third-order valence-electron chi connectivity index (χ3n) is 1.08. The lowest BCUT2D eigenvalue weighted by molar-refractivity contribution is -0.114. The summed E-state index contributed by atoms with van der Waals surface area (Å²) in [6, 6.07) is 0. The largest absolute Gasteiger partial charge is 0.337 e. The molecule has 0 heterocycles. The summed E-state index contributed by atoms with van der Waals surface area (Å²) in [5.74, 6) is -0.518. The Bertz CT molecular complexity index is 173. The van der Waals surface area contributed by atoms with Crippen molar-refractivity contribution >= 4 is 25.0 Å². The number of carbonyl (C=O) groups excluding carboxylic acids is 1. The van der Waals surface area contributed by atoms with Crippen LogP contribution in [0.25, 0.3) is 0 Å². The minimum atomic E-state index is -3.19. The molecular formula is C5H10ClO4P. The van der Waals surface area contributed by atoms with Gasteiger partial charge in [0.25, 0.3) is 0 Å². The fourth-order valence-corrected chi connectivity index (χ4v) is 1.64. The molecule has 0 rings (SSSR count). The van der Waals surface area contributed by atoms with Gasteiger partial charge in [0.2, 0.25) is 0 Å². The number of Topliss-reactive ketones (excluding diaryl/α,β-unsaturated/α-hetero) is 1. The summed E-state index contributed by atoms with van der Waals surface area (Å²) in [5, 5.41) is 0. The Morgan fingerprint density at radius 1 is 1.45 bits per heavy atom. The first-order valence-electron chi connectivity index (χ1n) is 2.86. The van der Waals surface area contributed by atoms with E-state index in [-0.39, 0.29) is 17.8 Å². The van der Waals surface area contributed by atoms with E-state index in [4.69, 9.17) is 11.6 Å². The van der Waals surface area contributed by atoms with E-state index in [1.807, 2.05) is 0 Å². The lowest BCUT2D eigenvalue weighted by atomic mass is 10.5. The summed E-state index contributed by atoms with van der Waals surface area (Å²) in [7, 11) is -0.732. The van der Waals surface area contributed by atoms with Crippen LogP contribution in [0, 0.1) is 0 Å². The molecular weight excluding hydrogens is 190 g/mol. The third-order valence-corrected chi connectivity index (χ3v) is 3.23. The van der Waals surface area contributed by atoms with Gasteiger partial charge >= 0.3 is 7.60 Å². The maximum Gasteiger partial charge on any atom is 0.337 e. The van der Waals surface area contributed by atoms with Crippen molar-refractivity contribution in [2.75, 3.05) is 26.3 Å². The zero-order chi connectivity index (χ0) is 8.91. The minimum Gasteiger partial charge on any atom is -0.312 e. The van der Waals surface area contributed by atoms with Crippen LogP contribution in [0.2, 0.25) is 0 Å². The van der Waals surface area contributed by atoms with Gasteiger partial charge in [0, 0.05) is 14.2 Å². The van der Waals surface area contributed by atoms with Crippen molar-refractivity contribution < 1.29 is 18.4 Å². The topological polar surface area (TPSA) is 52.6 Å². The van der Waals surface area contributed by atoms with Crippen LogP contribution in [-0.4, -0.2) is 32.0 Å². The Morgan fingerprint density at radius 2 is 1.91 bits per heavy atom. The number of alkyl halides is 1. The quantitative estimate of drug-likeness (QED) is 0.496. The molecule has 0 spiro atoms. The van der Waals surface area contributed by atoms with E-state index in [0.717, 1.165) is 0 Å². The van der Waals surface area contributed by atoms with Crippen LogP contribution < -0.4 is 0 Å². The molecule has 0 aromatic heterocycles. The molecule has 4 nitrogen and oxygen atoms in total. The van der Waals surface area contributed by atoms with Crippen LogP contribution in [0.15, 0.2) is 0 Å². The predicted octanol–water partition coefficient (Wildman–Crippen LogP) is 1.28. The maximum atomic E-state index is 11.2. The Morgan fingerprint density at radius 3 is 2.18 bits per heavy atom. The highest BCUT2D eigenvalue weighted by Crippen LogP contribution is 2.45. The molecule has 0 aliphatic rings. The van der Waals surface area contributed by atoms with Crippen molar-refractivity contribution in [2.45, 2.75) is 0 Å². The molecule has 11 heavy (non-hydrogen) atoms. The van der Waals surface area contributed by atoms with Gasteiger partial charge in [0.15, 0.2) is 5.78 Å². The summed E-state index contributed by atoms with van der Waals surface area (Å²) >= 11 is 5.19. The van der Waals surface area contributed by atoms with Crippen LogP contribution >= 0.6 is 19.2 Å². The van der Waals surface area contributed by atoms with E-state index in [0.29, 0.717) is 0 Å². The number of rotatable bonds is 5. The van der Waals surface area contributed by atoms with Crippen LogP contribution in [0.5, 0.6) is 0 Å². The fourth-order valence-electron chi connectivity index (χ4n) is 0.462. The average molecular weight is 201 g/mol. The van der Waals surface area contributed by atoms with E-state index < -0.39 is 7.60 Å². The Labute approximate surface area is 70.4 Å². The van der Waals surface area contributed by atoms with Crippen LogP contribution in [0.3, 0.4) is 0 Å². The molecule has 0 aliphatic carbocycles. The Hall–Kier alpha value is 0.110. The van der Waals surface area contributed by atoms with Crippen molar-refractivity contribution in [3.8, 4) is 0 Å². The van der Waals surface area contributed by atoms with Gasteiger partial charge in [-0.05, 0) is 0 Å². The lowest BCUT2D eigenvalue weighted by Crippen LogP contribution is -2.08. The molecule has 0 unspecified atom stereocenters. The molecule has 0 N–H and O–H groups in total. The molecule has 0 saturated carbocycles. The average Bonchev–Trinajstić information content (AvgIpc) is 2.04. The molecule has 0 aliphatic heterocycles. The van der Waals surface area contributed by atoms with E-state index in [9.17, 15) is 9.36 Å². The van der Waals surface area contributed by atoms with Gasteiger partial charge in [-0.25, -0.2) is 0 Å². The maximum absolute atomic E-state index is 11.2. The van der Waals surface area contributed by atoms with Crippen molar-refractivity contribution in [1.29, 1.82) is 0 Å². The van der Waals surface area contributed by atoms with Crippen molar-refractivity contribution in [3.63, 3.8) is 0 Å². The van der Waals surface area contributed by atoms with Gasteiger partial charge in [-0.1, -0.05) is 0 Å². The van der Waals surface area contributed by atoms with E-state index in [2.05, 4.69) is 9.05 Å². The highest BCUT2D eigenvalue weighted by molar-refractivity contribution is 7.54. The number of halogens is 1. The summed E-state index contributed by atoms with van der Waals surface area (Å²) in [4.78, 5) is 10.7. The fraction of sp³-hybridized carbons (Fsp3) is 0.800. The van der Waals surface area contributed by atoms with Gasteiger partial charge in [0.1, 0.15) is 6.16 Å². The lowest BCUT2D eigenvalue weighted by Gasteiger charge is -2.10. The highest BCUT2D eigenvalue weighted by atomic mass is 35.5. The van der Waals surface area contributed by atoms with Crippen LogP contribution in [0.4, 0.5) is 0 Å². The van der Waals surface area contributed by atoms with Gasteiger partial charge in [-0.2, -0.15) is 0 Å². The summed E-state index contributed by atoms with van der Waals surface area (Å²) in [6.07, 6.45) is -0.260. The molecule has 0 aromatic rings. The van der Waals surface area contributed by atoms with Crippen LogP contribution in [0.1, 0.15) is 0 Å². The molecule has 0 radical (unpaired) electrons. The number of ketones is 1. The molecule has 0 saturated heterocycles. The predicted molar refractivity (Wildman–Crippen MR) is 42.2 cm³/mol. The molecule has 0 atom stereocenters. The normalized spacial score (nSPS) is 11.5. The second-order valence-corrected chi connectivity index (χ2v) is 4.34. The smallest absolute Gasteiger partial charge is 0.312 e. The second-order valence-electron chi connectivity index (χ2n) is 1.81. The standard InChI is InChI=1S/C5H10ClO4P/c1-9-11(8,10-2)4-5(7)3-6/h3-4H2,1-2H3. The molecule has 0 fully saturated rings. The first-order chi connectivity index (χ1) is 5.08. The van der Waals surface area contributed by atoms with E-state index >= 15 is 0 Å². The monoisotopic (exact) mass is 200 g/mol. The van der Waals surface area contributed by atoms with Crippen molar-refractivity contribution in [2.24, 2.45) is 0 Å². The zero-order valence-corrected chi connectivity index (χ0v) is 8.02. The minimum absolute atomic E-state index is 0.170. The molecule has 0 aromatic carbocycles. The first-order valence-corrected chi connectivity index (χ1v) is 5.12. The Balaban J connectivity index is 4.09. The summed E-state index contributed by atoms with van der Waals surface area (Å²) < 4.78 is 20.2. The van der Waals surface area contributed by atoms with Gasteiger partial charge in [0.05, 0.1) is 5.88 Å². The van der Waals surface area contributed by atoms with Crippen LogP contribution in [-0.2, 0) is 18.4 Å². The summed E-state index contributed by atoms with van der Waals surface area (Å²) in [5.41, 5.74) is 0.